The number of carbonyl (C=O) groups excluding carboxylic acids is 2. The fourth-order valence-electron chi connectivity index (χ4n) is 5.30. The lowest BCUT2D eigenvalue weighted by Crippen LogP contribution is -2.56. The van der Waals surface area contributed by atoms with Crippen LogP contribution in [0.1, 0.15) is 55.6 Å². The monoisotopic (exact) mass is 447 g/mol. The largest absolute Gasteiger partial charge is 0.350 e. The van der Waals surface area contributed by atoms with Crippen LogP contribution < -0.4 is 5.43 Å². The van der Waals surface area contributed by atoms with Crippen molar-refractivity contribution in [2.75, 3.05) is 0 Å². The van der Waals surface area contributed by atoms with Gasteiger partial charge in [-0.2, -0.15) is 0 Å². The Morgan fingerprint density at radius 3 is 2.72 bits per heavy atom. The van der Waals surface area contributed by atoms with Crippen molar-refractivity contribution >= 4 is 34.5 Å². The summed E-state index contributed by atoms with van der Waals surface area (Å²) in [7, 11) is 0. The summed E-state index contributed by atoms with van der Waals surface area (Å²) in [5.74, 6) is 0.258. The number of benzene rings is 2. The molecule has 1 aromatic heterocycles. The Hall–Kier alpha value is -2.73. The normalized spacial score (nSPS) is 25.6. The number of rotatable bonds is 3. The third-order valence-electron chi connectivity index (χ3n) is 6.76. The van der Waals surface area contributed by atoms with Crippen molar-refractivity contribution in [1.82, 2.24) is 15.4 Å². The predicted molar refractivity (Wildman–Crippen MR) is 130 cm³/mol. The predicted octanol–water partition coefficient (Wildman–Crippen LogP) is 5.66. The maximum atomic E-state index is 13.7. The lowest BCUT2D eigenvalue weighted by atomic mass is 9.86. The van der Waals surface area contributed by atoms with E-state index in [0.29, 0.717) is 11.6 Å². The van der Waals surface area contributed by atoms with Gasteiger partial charge in [-0.05, 0) is 56.7 Å². The Labute approximate surface area is 192 Å². The fourth-order valence-corrected chi connectivity index (χ4v) is 7.04. The number of carbonyl (C=O) groups is 2. The van der Waals surface area contributed by atoms with Gasteiger partial charge in [-0.25, -0.2) is 5.01 Å². The van der Waals surface area contributed by atoms with Gasteiger partial charge in [0.2, 0.25) is 0 Å². The number of aromatic nitrogens is 1. The first-order valence-corrected chi connectivity index (χ1v) is 12.3. The van der Waals surface area contributed by atoms with Gasteiger partial charge < -0.3 is 4.98 Å². The zero-order valence-electron chi connectivity index (χ0n) is 18.8. The molecule has 1 aliphatic heterocycles. The van der Waals surface area contributed by atoms with Crippen LogP contribution in [0.3, 0.4) is 0 Å². The summed E-state index contributed by atoms with van der Waals surface area (Å²) in [5.41, 5.74) is 7.43. The van der Waals surface area contributed by atoms with Crippen molar-refractivity contribution < 1.29 is 9.59 Å². The van der Waals surface area contributed by atoms with Crippen LogP contribution >= 0.6 is 11.8 Å². The van der Waals surface area contributed by atoms with Gasteiger partial charge in [0.25, 0.3) is 11.8 Å². The molecular formula is C26H29N3O2S. The Bertz CT molecular complexity index is 1190. The van der Waals surface area contributed by atoms with Crippen molar-refractivity contribution in [3.63, 3.8) is 0 Å². The second kappa shape index (κ2) is 8.00. The molecule has 5 rings (SSSR count). The zero-order chi connectivity index (χ0) is 22.5. The summed E-state index contributed by atoms with van der Waals surface area (Å²) in [4.78, 5) is 29.8. The summed E-state index contributed by atoms with van der Waals surface area (Å²) in [6.45, 7) is 6.24. The molecule has 2 aliphatic rings. The number of nitrogens with zero attached hydrogens (tertiary/aromatic N) is 1. The number of hydrogen-bond donors (Lipinski definition) is 2. The molecule has 3 atom stereocenters. The van der Waals surface area contributed by atoms with E-state index in [1.54, 1.807) is 16.8 Å². The average Bonchev–Trinajstić information content (AvgIpc) is 3.25. The lowest BCUT2D eigenvalue weighted by molar-refractivity contribution is -0.136. The first kappa shape index (κ1) is 21.1. The highest BCUT2D eigenvalue weighted by Crippen LogP contribution is 2.50. The lowest BCUT2D eigenvalue weighted by Gasteiger charge is -2.42. The van der Waals surface area contributed by atoms with E-state index in [4.69, 9.17) is 0 Å². The molecule has 0 bridgehead atoms. The minimum Gasteiger partial charge on any atom is -0.350 e. The van der Waals surface area contributed by atoms with E-state index in [0.717, 1.165) is 46.9 Å². The number of aromatic amines is 1. The number of fused-ring (bicyclic) bond motifs is 1. The molecule has 1 spiro atoms. The van der Waals surface area contributed by atoms with Gasteiger partial charge in [0.05, 0.1) is 5.25 Å². The van der Waals surface area contributed by atoms with Gasteiger partial charge in [0.15, 0.2) is 0 Å². The maximum absolute atomic E-state index is 13.7. The second-order valence-corrected chi connectivity index (χ2v) is 11.0. The molecule has 1 saturated carbocycles. The Balaban J connectivity index is 1.56. The molecule has 1 saturated heterocycles. The van der Waals surface area contributed by atoms with Crippen molar-refractivity contribution in [1.29, 1.82) is 0 Å². The molecule has 2 N–H and O–H groups in total. The number of thioether (sulfide) groups is 1. The van der Waals surface area contributed by atoms with Crippen molar-refractivity contribution in [2.45, 2.75) is 56.6 Å². The molecule has 2 fully saturated rings. The quantitative estimate of drug-likeness (QED) is 0.545. The van der Waals surface area contributed by atoms with Crippen molar-refractivity contribution in [3.05, 3.63) is 59.8 Å². The highest BCUT2D eigenvalue weighted by molar-refractivity contribution is 8.02. The fraction of sp³-hybridized carbons (Fsp3) is 0.385. The molecule has 2 aromatic carbocycles. The number of H-pyrrole nitrogens is 1. The minimum absolute atomic E-state index is 0.00864. The van der Waals surface area contributed by atoms with Crippen LogP contribution in [0.25, 0.3) is 22.0 Å². The van der Waals surface area contributed by atoms with Crippen LogP contribution in [0.4, 0.5) is 0 Å². The molecule has 1 aliphatic carbocycles. The maximum Gasteiger partial charge on any atom is 0.286 e. The van der Waals surface area contributed by atoms with Gasteiger partial charge in [0.1, 0.15) is 10.6 Å². The summed E-state index contributed by atoms with van der Waals surface area (Å²) >= 11 is 1.70. The first-order chi connectivity index (χ1) is 15.4. The zero-order valence-corrected chi connectivity index (χ0v) is 19.6. The van der Waals surface area contributed by atoms with E-state index < -0.39 is 0 Å². The Morgan fingerprint density at radius 1 is 1.19 bits per heavy atom. The van der Waals surface area contributed by atoms with E-state index >= 15 is 0 Å². The Morgan fingerprint density at radius 2 is 1.97 bits per heavy atom. The summed E-state index contributed by atoms with van der Waals surface area (Å²) < 4.78 is 0. The van der Waals surface area contributed by atoms with Gasteiger partial charge in [-0.15, -0.1) is 11.8 Å². The van der Waals surface area contributed by atoms with E-state index in [2.05, 4.69) is 30.3 Å². The number of nitrogens with one attached hydrogen (secondary N) is 2. The first-order valence-electron chi connectivity index (χ1n) is 11.4. The number of aryl methyl sites for hydroxylation is 1. The minimum atomic E-state index is -0.348. The summed E-state index contributed by atoms with van der Waals surface area (Å²) in [6, 6.07) is 16.1. The topological polar surface area (TPSA) is 65.2 Å². The number of amides is 2. The van der Waals surface area contributed by atoms with Crippen LogP contribution in [0.2, 0.25) is 0 Å². The van der Waals surface area contributed by atoms with E-state index in [-0.39, 0.29) is 21.9 Å². The van der Waals surface area contributed by atoms with Gasteiger partial charge in [-0.3, -0.25) is 15.0 Å². The molecular weight excluding hydrogens is 418 g/mol. The smallest absolute Gasteiger partial charge is 0.286 e. The van der Waals surface area contributed by atoms with Gasteiger partial charge >= 0.3 is 0 Å². The van der Waals surface area contributed by atoms with E-state index in [1.165, 1.54) is 6.42 Å². The SMILES string of the molecule is Cc1ccc2[nH]c(C(=O)NN3C(=O)C(C)SC34CCCC(C)C4)c(-c3ccccc3)c2c1. The van der Waals surface area contributed by atoms with E-state index in [1.807, 2.05) is 49.4 Å². The van der Waals surface area contributed by atoms with Gasteiger partial charge in [0, 0.05) is 16.5 Å². The average molecular weight is 448 g/mol. The van der Waals surface area contributed by atoms with Crippen LogP contribution in [0.5, 0.6) is 0 Å². The molecule has 2 heterocycles. The highest BCUT2D eigenvalue weighted by Gasteiger charge is 2.52. The third kappa shape index (κ3) is 3.51. The van der Waals surface area contributed by atoms with Crippen molar-refractivity contribution in [2.24, 2.45) is 5.92 Å². The van der Waals surface area contributed by atoms with Gasteiger partial charge in [-0.1, -0.05) is 55.3 Å². The summed E-state index contributed by atoms with van der Waals surface area (Å²) in [5, 5.41) is 2.52. The molecule has 3 aromatic rings. The standard InChI is InChI=1S/C26H29N3O2S/c1-16-11-12-21-20(14-16)22(19-9-5-4-6-10-19)23(27-21)24(30)28-29-25(31)18(3)32-26(29)13-7-8-17(2)15-26/h4-6,9-12,14,17-18,27H,7-8,13,15H2,1-3H3,(H,28,30). The van der Waals surface area contributed by atoms with Crippen LogP contribution in [0, 0.1) is 12.8 Å². The molecule has 2 amide bonds. The van der Waals surface area contributed by atoms with Crippen LogP contribution in [0.15, 0.2) is 48.5 Å². The molecule has 3 unspecified atom stereocenters. The Kier molecular flexibility index (Phi) is 5.28. The molecule has 0 radical (unpaired) electrons. The second-order valence-electron chi connectivity index (χ2n) is 9.31. The summed E-state index contributed by atoms with van der Waals surface area (Å²) in [6.07, 6.45) is 4.06. The number of hydrogen-bond acceptors (Lipinski definition) is 3. The molecule has 6 heteroatoms. The molecule has 166 valence electrons. The third-order valence-corrected chi connectivity index (χ3v) is 8.31. The number of hydrazine groups is 1. The molecule has 32 heavy (non-hydrogen) atoms. The van der Waals surface area contributed by atoms with Crippen molar-refractivity contribution in [3.8, 4) is 11.1 Å². The van der Waals surface area contributed by atoms with Crippen LogP contribution in [-0.2, 0) is 4.79 Å². The highest BCUT2D eigenvalue weighted by atomic mass is 32.2. The molecule has 5 nitrogen and oxygen atoms in total. The van der Waals surface area contributed by atoms with E-state index in [9.17, 15) is 9.59 Å². The van der Waals surface area contributed by atoms with Crippen LogP contribution in [-0.4, -0.2) is 31.9 Å².